The first-order valence-electron chi connectivity index (χ1n) is 6.67. The van der Waals surface area contributed by atoms with Crippen LogP contribution in [-0.2, 0) is 11.3 Å². The molecule has 0 aliphatic rings. The number of carbonyl (C=O) groups is 1. The van der Waals surface area contributed by atoms with Gasteiger partial charge in [0.1, 0.15) is 5.76 Å². The van der Waals surface area contributed by atoms with Gasteiger partial charge in [-0.25, -0.2) is 4.79 Å². The van der Waals surface area contributed by atoms with Crippen LogP contribution in [0.25, 0.3) is 0 Å². The second-order valence-electron chi connectivity index (χ2n) is 4.50. The van der Waals surface area contributed by atoms with E-state index in [2.05, 4.69) is 18.7 Å². The third kappa shape index (κ3) is 4.69. The first kappa shape index (κ1) is 15.7. The number of carboxylic acid groups (broad SMARTS) is 1. The molecular weight excluding hydrogens is 246 g/mol. The van der Waals surface area contributed by atoms with E-state index in [1.165, 1.54) is 6.07 Å². The predicted molar refractivity (Wildman–Crippen MR) is 72.3 cm³/mol. The van der Waals surface area contributed by atoms with Gasteiger partial charge in [-0.15, -0.1) is 0 Å². The molecule has 0 bridgehead atoms. The van der Waals surface area contributed by atoms with Crippen molar-refractivity contribution in [2.45, 2.75) is 39.3 Å². The van der Waals surface area contributed by atoms with E-state index in [1.54, 1.807) is 13.2 Å². The molecule has 0 saturated carbocycles. The van der Waals surface area contributed by atoms with E-state index in [9.17, 15) is 4.79 Å². The normalized spacial score (nSPS) is 11.4. The van der Waals surface area contributed by atoms with E-state index in [0.29, 0.717) is 25.0 Å². The number of hydrogen-bond acceptors (Lipinski definition) is 4. The highest BCUT2D eigenvalue weighted by Gasteiger charge is 2.18. The van der Waals surface area contributed by atoms with Crippen LogP contribution in [0.1, 0.15) is 43.0 Å². The van der Waals surface area contributed by atoms with E-state index in [4.69, 9.17) is 14.3 Å². The van der Waals surface area contributed by atoms with Gasteiger partial charge < -0.3 is 14.3 Å². The monoisotopic (exact) mass is 269 g/mol. The Bertz CT molecular complexity index is 385. The van der Waals surface area contributed by atoms with E-state index < -0.39 is 5.97 Å². The lowest BCUT2D eigenvalue weighted by Gasteiger charge is -2.29. The second-order valence-corrected chi connectivity index (χ2v) is 4.50. The molecule has 1 aromatic rings. The van der Waals surface area contributed by atoms with E-state index in [1.807, 2.05) is 0 Å². The number of methoxy groups -OCH3 is 1. The average molecular weight is 269 g/mol. The van der Waals surface area contributed by atoms with E-state index >= 15 is 0 Å². The minimum absolute atomic E-state index is 0.00811. The fraction of sp³-hybridized carbons (Fsp3) is 0.643. The average Bonchev–Trinajstić information content (AvgIpc) is 2.85. The highest BCUT2D eigenvalue weighted by atomic mass is 16.5. The Morgan fingerprint density at radius 2 is 2.11 bits per heavy atom. The van der Waals surface area contributed by atoms with Gasteiger partial charge in [0.15, 0.2) is 0 Å². The zero-order valence-electron chi connectivity index (χ0n) is 11.9. The number of ether oxygens (including phenoxy) is 1. The fourth-order valence-electron chi connectivity index (χ4n) is 2.18. The number of rotatable bonds is 9. The van der Waals surface area contributed by atoms with Crippen molar-refractivity contribution in [3.05, 3.63) is 23.7 Å². The molecule has 0 radical (unpaired) electrons. The molecule has 0 saturated heterocycles. The van der Waals surface area contributed by atoms with Crippen molar-refractivity contribution in [1.29, 1.82) is 0 Å². The second kappa shape index (κ2) is 7.96. The van der Waals surface area contributed by atoms with Crippen LogP contribution in [0.15, 0.2) is 16.5 Å². The first-order chi connectivity index (χ1) is 9.12. The summed E-state index contributed by atoms with van der Waals surface area (Å²) in [7, 11) is 1.68. The third-order valence-corrected chi connectivity index (χ3v) is 3.27. The van der Waals surface area contributed by atoms with Gasteiger partial charge in [-0.3, -0.25) is 4.90 Å². The predicted octanol–water partition coefficient (Wildman–Crippen LogP) is 2.61. The molecule has 1 aromatic heterocycles. The largest absolute Gasteiger partial charge is 0.475 e. The number of furan rings is 1. The summed E-state index contributed by atoms with van der Waals surface area (Å²) in [4.78, 5) is 13.1. The molecule has 108 valence electrons. The van der Waals surface area contributed by atoms with Crippen LogP contribution < -0.4 is 0 Å². The van der Waals surface area contributed by atoms with Gasteiger partial charge in [0.25, 0.3) is 0 Å². The summed E-state index contributed by atoms with van der Waals surface area (Å²) in [6.45, 7) is 6.38. The Hall–Kier alpha value is -1.33. The smallest absolute Gasteiger partial charge is 0.371 e. The molecule has 5 nitrogen and oxygen atoms in total. The van der Waals surface area contributed by atoms with Gasteiger partial charge in [0.2, 0.25) is 5.76 Å². The van der Waals surface area contributed by atoms with Crippen LogP contribution in [0.3, 0.4) is 0 Å². The van der Waals surface area contributed by atoms with Crippen molar-refractivity contribution in [3.63, 3.8) is 0 Å². The Labute approximate surface area is 114 Å². The Morgan fingerprint density at radius 3 is 2.58 bits per heavy atom. The molecule has 1 heterocycles. The van der Waals surface area contributed by atoms with Crippen LogP contribution in [-0.4, -0.2) is 42.3 Å². The Balaban J connectivity index is 2.71. The Morgan fingerprint density at radius 1 is 1.42 bits per heavy atom. The van der Waals surface area contributed by atoms with Gasteiger partial charge in [-0.2, -0.15) is 0 Å². The van der Waals surface area contributed by atoms with Crippen molar-refractivity contribution in [3.8, 4) is 0 Å². The zero-order chi connectivity index (χ0) is 14.3. The van der Waals surface area contributed by atoms with Crippen LogP contribution in [0.4, 0.5) is 0 Å². The minimum atomic E-state index is -1.03. The molecule has 0 unspecified atom stereocenters. The lowest BCUT2D eigenvalue weighted by Crippen LogP contribution is -2.36. The molecule has 0 atom stereocenters. The number of aromatic carboxylic acids is 1. The minimum Gasteiger partial charge on any atom is -0.475 e. The van der Waals surface area contributed by atoms with Gasteiger partial charge in [-0.1, -0.05) is 13.8 Å². The SMILES string of the molecule is CCC(CC)N(CCOC)Cc1ccc(C(=O)O)o1. The van der Waals surface area contributed by atoms with Crippen LogP contribution in [0, 0.1) is 0 Å². The number of carboxylic acids is 1. The van der Waals surface area contributed by atoms with Crippen LogP contribution in [0.2, 0.25) is 0 Å². The molecule has 0 spiro atoms. The van der Waals surface area contributed by atoms with E-state index in [-0.39, 0.29) is 5.76 Å². The van der Waals surface area contributed by atoms with Crippen molar-refractivity contribution >= 4 is 5.97 Å². The summed E-state index contributed by atoms with van der Waals surface area (Å²) in [6, 6.07) is 3.68. The molecule has 0 amide bonds. The summed E-state index contributed by atoms with van der Waals surface area (Å²) in [5, 5.41) is 8.85. The van der Waals surface area contributed by atoms with Crippen molar-refractivity contribution in [2.24, 2.45) is 0 Å². The maximum atomic E-state index is 10.8. The highest BCUT2D eigenvalue weighted by Crippen LogP contribution is 2.15. The third-order valence-electron chi connectivity index (χ3n) is 3.27. The van der Waals surface area contributed by atoms with Gasteiger partial charge in [0, 0.05) is 19.7 Å². The molecule has 0 aliphatic carbocycles. The number of nitrogens with zero attached hydrogens (tertiary/aromatic N) is 1. The van der Waals surface area contributed by atoms with Gasteiger partial charge >= 0.3 is 5.97 Å². The standard InChI is InChI=1S/C14H23NO4/c1-4-11(5-2)15(8-9-18-3)10-12-6-7-13(19-12)14(16)17/h6-7,11H,4-5,8-10H2,1-3H3,(H,16,17). The maximum Gasteiger partial charge on any atom is 0.371 e. The molecule has 0 aromatic carbocycles. The fourth-order valence-corrected chi connectivity index (χ4v) is 2.18. The van der Waals surface area contributed by atoms with Crippen molar-refractivity contribution < 1.29 is 19.1 Å². The lowest BCUT2D eigenvalue weighted by molar-refractivity contribution is 0.0653. The molecular formula is C14H23NO4. The summed E-state index contributed by atoms with van der Waals surface area (Å²) < 4.78 is 10.4. The molecule has 1 N–H and O–H groups in total. The molecule has 0 aliphatic heterocycles. The molecule has 19 heavy (non-hydrogen) atoms. The quantitative estimate of drug-likeness (QED) is 0.746. The molecule has 0 fully saturated rings. The summed E-state index contributed by atoms with van der Waals surface area (Å²) in [5.74, 6) is -0.358. The summed E-state index contributed by atoms with van der Waals surface area (Å²) in [5.41, 5.74) is 0. The topological polar surface area (TPSA) is 62.9 Å². The maximum absolute atomic E-state index is 10.8. The van der Waals surface area contributed by atoms with Crippen molar-refractivity contribution in [2.75, 3.05) is 20.3 Å². The number of hydrogen-bond donors (Lipinski definition) is 1. The van der Waals surface area contributed by atoms with Gasteiger partial charge in [0.05, 0.1) is 13.2 Å². The first-order valence-corrected chi connectivity index (χ1v) is 6.67. The summed E-state index contributed by atoms with van der Waals surface area (Å²) in [6.07, 6.45) is 2.10. The molecule has 1 rings (SSSR count). The van der Waals surface area contributed by atoms with Crippen LogP contribution in [0.5, 0.6) is 0 Å². The van der Waals surface area contributed by atoms with Crippen LogP contribution >= 0.6 is 0 Å². The Kier molecular flexibility index (Phi) is 6.59. The van der Waals surface area contributed by atoms with E-state index in [0.717, 1.165) is 19.4 Å². The zero-order valence-corrected chi connectivity index (χ0v) is 11.9. The highest BCUT2D eigenvalue weighted by molar-refractivity contribution is 5.84. The lowest BCUT2D eigenvalue weighted by atomic mass is 10.1. The summed E-state index contributed by atoms with van der Waals surface area (Å²) >= 11 is 0. The molecule has 5 heteroatoms. The van der Waals surface area contributed by atoms with Gasteiger partial charge in [-0.05, 0) is 25.0 Å². The van der Waals surface area contributed by atoms with Crippen molar-refractivity contribution in [1.82, 2.24) is 4.90 Å².